The summed E-state index contributed by atoms with van der Waals surface area (Å²) in [5.41, 5.74) is 8.56. The summed E-state index contributed by atoms with van der Waals surface area (Å²) in [6.07, 6.45) is 1.54. The Bertz CT molecular complexity index is 402. The van der Waals surface area contributed by atoms with Gasteiger partial charge >= 0.3 is 0 Å². The van der Waals surface area contributed by atoms with Crippen LogP contribution in [0.5, 0.6) is 5.75 Å². The molecule has 0 saturated carbocycles. The van der Waals surface area contributed by atoms with E-state index in [0.29, 0.717) is 19.6 Å². The van der Waals surface area contributed by atoms with Crippen molar-refractivity contribution in [3.05, 3.63) is 29.3 Å². The van der Waals surface area contributed by atoms with Gasteiger partial charge in [-0.1, -0.05) is 12.1 Å². The van der Waals surface area contributed by atoms with Crippen LogP contribution in [0.15, 0.2) is 18.2 Å². The fraction of sp³-hybridized carbons (Fsp3) is 0.538. The second-order valence-electron chi connectivity index (χ2n) is 4.48. The fourth-order valence-electron chi connectivity index (χ4n) is 2.32. The van der Waals surface area contributed by atoms with Gasteiger partial charge in [0.1, 0.15) is 5.75 Å². The molecule has 2 aliphatic heterocycles. The smallest absolute Gasteiger partial charge is 0.159 e. The van der Waals surface area contributed by atoms with Crippen molar-refractivity contribution in [2.24, 2.45) is 5.73 Å². The molecule has 3 rings (SSSR count). The van der Waals surface area contributed by atoms with Crippen LogP contribution in [0.3, 0.4) is 0 Å². The van der Waals surface area contributed by atoms with Gasteiger partial charge in [-0.2, -0.15) is 0 Å². The summed E-state index contributed by atoms with van der Waals surface area (Å²) < 4.78 is 16.3. The minimum Gasteiger partial charge on any atom is -0.493 e. The highest BCUT2D eigenvalue weighted by Gasteiger charge is 2.21. The standard InChI is InChI=1S/C13H17NO3/c14-11(8-13-16-5-6-17-13)9-1-2-12-10(7-9)3-4-15-12/h1-2,7,11,13H,3-6,8,14H2. The Labute approximate surface area is 101 Å². The van der Waals surface area contributed by atoms with Gasteiger partial charge in [0.25, 0.3) is 0 Å². The molecule has 0 bridgehead atoms. The van der Waals surface area contributed by atoms with E-state index in [4.69, 9.17) is 19.9 Å². The van der Waals surface area contributed by atoms with E-state index in [-0.39, 0.29) is 12.3 Å². The molecule has 2 aliphatic rings. The number of hydrogen-bond acceptors (Lipinski definition) is 4. The van der Waals surface area contributed by atoms with Crippen molar-refractivity contribution in [3.8, 4) is 5.75 Å². The zero-order valence-electron chi connectivity index (χ0n) is 9.72. The van der Waals surface area contributed by atoms with Gasteiger partial charge in [0, 0.05) is 18.9 Å². The molecule has 1 fully saturated rings. The molecule has 0 radical (unpaired) electrons. The molecule has 1 aromatic carbocycles. The fourth-order valence-corrected chi connectivity index (χ4v) is 2.32. The zero-order valence-corrected chi connectivity index (χ0v) is 9.72. The van der Waals surface area contributed by atoms with Crippen molar-refractivity contribution < 1.29 is 14.2 Å². The number of hydrogen-bond donors (Lipinski definition) is 1. The second-order valence-corrected chi connectivity index (χ2v) is 4.48. The van der Waals surface area contributed by atoms with Crippen LogP contribution in [0.2, 0.25) is 0 Å². The van der Waals surface area contributed by atoms with Crippen LogP contribution in [0.25, 0.3) is 0 Å². The van der Waals surface area contributed by atoms with E-state index < -0.39 is 0 Å². The highest BCUT2D eigenvalue weighted by atomic mass is 16.7. The van der Waals surface area contributed by atoms with E-state index in [2.05, 4.69) is 6.07 Å². The first-order valence-corrected chi connectivity index (χ1v) is 6.07. The number of rotatable bonds is 3. The normalized spacial score (nSPS) is 21.2. The molecule has 0 amide bonds. The van der Waals surface area contributed by atoms with Gasteiger partial charge in [0.05, 0.1) is 19.8 Å². The number of fused-ring (bicyclic) bond motifs is 1. The van der Waals surface area contributed by atoms with Gasteiger partial charge < -0.3 is 19.9 Å². The first kappa shape index (κ1) is 11.0. The molecule has 0 aromatic heterocycles. The molecule has 92 valence electrons. The first-order valence-electron chi connectivity index (χ1n) is 6.07. The number of nitrogens with two attached hydrogens (primary N) is 1. The first-order chi connectivity index (χ1) is 8.33. The Morgan fingerprint density at radius 1 is 1.24 bits per heavy atom. The summed E-state index contributed by atoms with van der Waals surface area (Å²) in [5.74, 6) is 0.995. The van der Waals surface area contributed by atoms with Gasteiger partial charge in [0.2, 0.25) is 0 Å². The van der Waals surface area contributed by atoms with Crippen molar-refractivity contribution in [2.45, 2.75) is 25.2 Å². The molecule has 17 heavy (non-hydrogen) atoms. The SMILES string of the molecule is NC(CC1OCCO1)c1ccc2c(c1)CCO2. The van der Waals surface area contributed by atoms with Gasteiger partial charge in [-0.15, -0.1) is 0 Å². The topological polar surface area (TPSA) is 53.7 Å². The predicted molar refractivity (Wildman–Crippen MR) is 62.9 cm³/mol. The van der Waals surface area contributed by atoms with Crippen LogP contribution in [-0.2, 0) is 15.9 Å². The van der Waals surface area contributed by atoms with Crippen LogP contribution < -0.4 is 10.5 Å². The maximum Gasteiger partial charge on any atom is 0.159 e. The van der Waals surface area contributed by atoms with E-state index >= 15 is 0 Å². The van der Waals surface area contributed by atoms with Crippen LogP contribution in [0.4, 0.5) is 0 Å². The molecule has 1 saturated heterocycles. The quantitative estimate of drug-likeness (QED) is 0.860. The molecule has 0 aliphatic carbocycles. The van der Waals surface area contributed by atoms with Gasteiger partial charge in [-0.25, -0.2) is 0 Å². The molecule has 2 N–H and O–H groups in total. The third-order valence-corrected chi connectivity index (χ3v) is 3.28. The minimum absolute atomic E-state index is 0.0380. The average Bonchev–Trinajstić information content (AvgIpc) is 2.97. The molecule has 0 spiro atoms. The lowest BCUT2D eigenvalue weighted by atomic mass is 10.0. The summed E-state index contributed by atoms with van der Waals surface area (Å²) in [7, 11) is 0. The molecule has 4 heteroatoms. The van der Waals surface area contributed by atoms with Crippen LogP contribution in [0, 0.1) is 0 Å². The Morgan fingerprint density at radius 2 is 2.06 bits per heavy atom. The van der Waals surface area contributed by atoms with E-state index in [9.17, 15) is 0 Å². The lowest BCUT2D eigenvalue weighted by Gasteiger charge is -2.16. The summed E-state index contributed by atoms with van der Waals surface area (Å²) >= 11 is 0. The average molecular weight is 235 g/mol. The highest BCUT2D eigenvalue weighted by molar-refractivity contribution is 5.40. The van der Waals surface area contributed by atoms with E-state index in [1.165, 1.54) is 5.56 Å². The van der Waals surface area contributed by atoms with Gasteiger partial charge in [-0.3, -0.25) is 0 Å². The van der Waals surface area contributed by atoms with Crippen LogP contribution in [0.1, 0.15) is 23.6 Å². The van der Waals surface area contributed by atoms with Gasteiger partial charge in [-0.05, 0) is 17.2 Å². The van der Waals surface area contributed by atoms with Crippen molar-refractivity contribution in [2.75, 3.05) is 19.8 Å². The highest BCUT2D eigenvalue weighted by Crippen LogP contribution is 2.29. The number of benzene rings is 1. The molecule has 4 nitrogen and oxygen atoms in total. The van der Waals surface area contributed by atoms with Crippen LogP contribution in [-0.4, -0.2) is 26.1 Å². The summed E-state index contributed by atoms with van der Waals surface area (Å²) in [6, 6.07) is 6.14. The van der Waals surface area contributed by atoms with Gasteiger partial charge in [0.15, 0.2) is 6.29 Å². The van der Waals surface area contributed by atoms with E-state index in [1.807, 2.05) is 12.1 Å². The maximum absolute atomic E-state index is 6.17. The Hall–Kier alpha value is -1.10. The third kappa shape index (κ3) is 2.29. The summed E-state index contributed by atoms with van der Waals surface area (Å²) in [5, 5.41) is 0. The largest absolute Gasteiger partial charge is 0.493 e. The Morgan fingerprint density at radius 3 is 2.88 bits per heavy atom. The molecule has 2 heterocycles. The third-order valence-electron chi connectivity index (χ3n) is 3.28. The van der Waals surface area contributed by atoms with E-state index in [0.717, 1.165) is 24.3 Å². The predicted octanol–water partition coefficient (Wildman–Crippen LogP) is 1.38. The van der Waals surface area contributed by atoms with Crippen molar-refractivity contribution in [1.29, 1.82) is 0 Å². The van der Waals surface area contributed by atoms with E-state index in [1.54, 1.807) is 0 Å². The molecule has 1 aromatic rings. The van der Waals surface area contributed by atoms with Crippen molar-refractivity contribution >= 4 is 0 Å². The Balaban J connectivity index is 1.70. The van der Waals surface area contributed by atoms with Crippen molar-refractivity contribution in [1.82, 2.24) is 0 Å². The lowest BCUT2D eigenvalue weighted by molar-refractivity contribution is -0.0507. The maximum atomic E-state index is 6.17. The monoisotopic (exact) mass is 235 g/mol. The number of ether oxygens (including phenoxy) is 3. The summed E-state index contributed by atoms with van der Waals surface area (Å²) in [4.78, 5) is 0. The zero-order chi connectivity index (χ0) is 11.7. The second kappa shape index (κ2) is 4.64. The molecule has 1 atom stereocenters. The Kier molecular flexibility index (Phi) is 3.01. The summed E-state index contributed by atoms with van der Waals surface area (Å²) in [6.45, 7) is 2.13. The molecular weight excluding hydrogens is 218 g/mol. The minimum atomic E-state index is -0.144. The lowest BCUT2D eigenvalue weighted by Crippen LogP contribution is -2.19. The van der Waals surface area contributed by atoms with Crippen molar-refractivity contribution in [3.63, 3.8) is 0 Å². The molecule has 1 unspecified atom stereocenters. The van der Waals surface area contributed by atoms with Crippen LogP contribution >= 0.6 is 0 Å². The molecular formula is C13H17NO3.